The van der Waals surface area contributed by atoms with Crippen molar-refractivity contribution >= 4 is 0 Å². The summed E-state index contributed by atoms with van der Waals surface area (Å²) in [7, 11) is 1.93. The number of aromatic nitrogens is 1. The van der Waals surface area contributed by atoms with E-state index in [0.29, 0.717) is 5.56 Å². The van der Waals surface area contributed by atoms with Crippen molar-refractivity contribution in [2.45, 2.75) is 26.5 Å². The number of hydrogen-bond donors (Lipinski definition) is 0. The Morgan fingerprint density at radius 3 is 2.52 bits per heavy atom. The number of benzene rings is 2. The molecule has 0 saturated carbocycles. The average molecular weight is 309 g/mol. The summed E-state index contributed by atoms with van der Waals surface area (Å²) in [4.78, 5) is 0. The zero-order valence-electron chi connectivity index (χ0n) is 20.3. The number of aryl methyl sites for hydroxylation is 2. The molecule has 1 heterocycles. The van der Waals surface area contributed by atoms with Crippen LogP contribution in [0.5, 0.6) is 0 Å². The summed E-state index contributed by atoms with van der Waals surface area (Å²) in [6.45, 7) is -3.96. The van der Waals surface area contributed by atoms with Crippen molar-refractivity contribution in [1.82, 2.24) is 0 Å². The van der Waals surface area contributed by atoms with Gasteiger partial charge in [0.05, 0.1) is 0 Å². The monoisotopic (exact) mass is 309 g/mol. The second-order valence-corrected chi connectivity index (χ2v) is 5.68. The van der Waals surface area contributed by atoms with Crippen LogP contribution in [0.1, 0.15) is 40.3 Å². The lowest BCUT2D eigenvalue weighted by molar-refractivity contribution is -0.659. The van der Waals surface area contributed by atoms with E-state index in [1.54, 1.807) is 12.1 Å². The minimum absolute atomic E-state index is 0.0503. The van der Waals surface area contributed by atoms with Gasteiger partial charge in [-0.2, -0.15) is 0 Å². The lowest BCUT2D eigenvalue weighted by Crippen LogP contribution is -2.30. The van der Waals surface area contributed by atoms with Crippen molar-refractivity contribution in [1.29, 1.82) is 0 Å². The van der Waals surface area contributed by atoms with Gasteiger partial charge in [-0.25, -0.2) is 4.57 Å². The van der Waals surface area contributed by atoms with Crippen LogP contribution in [0.15, 0.2) is 66.9 Å². The van der Waals surface area contributed by atoms with Crippen LogP contribution in [-0.4, -0.2) is 0 Å². The van der Waals surface area contributed by atoms with E-state index in [4.69, 9.17) is 9.60 Å². The van der Waals surface area contributed by atoms with Gasteiger partial charge in [0.15, 0.2) is 6.20 Å². The van der Waals surface area contributed by atoms with E-state index in [2.05, 4.69) is 0 Å². The van der Waals surface area contributed by atoms with E-state index < -0.39 is 19.6 Å². The Kier molecular flexibility index (Phi) is 2.50. The SMILES string of the molecule is [2H]C([2H])([2H])C([2H])(c1cccc(-c2ccc(-c3ccccc3C)[n+](C)c2)c1)C([2H])([2H])[2H]. The van der Waals surface area contributed by atoms with E-state index in [1.165, 1.54) is 12.1 Å². The van der Waals surface area contributed by atoms with Gasteiger partial charge < -0.3 is 0 Å². The fourth-order valence-corrected chi connectivity index (χ4v) is 2.77. The molecule has 1 heteroatoms. The molecule has 0 aliphatic carbocycles. The molecule has 0 saturated heterocycles. The van der Waals surface area contributed by atoms with Gasteiger partial charge in [0.2, 0.25) is 5.69 Å². The van der Waals surface area contributed by atoms with Crippen LogP contribution in [0.3, 0.4) is 0 Å². The highest BCUT2D eigenvalue weighted by atomic mass is 14.9. The van der Waals surface area contributed by atoms with Crippen molar-refractivity contribution in [3.05, 3.63) is 78.0 Å². The summed E-state index contributed by atoms with van der Waals surface area (Å²) in [5.74, 6) is -2.71. The van der Waals surface area contributed by atoms with Crippen molar-refractivity contribution in [2.75, 3.05) is 0 Å². The minimum Gasteiger partial charge on any atom is -0.200 e. The molecule has 2 aromatic carbocycles. The molecule has 3 rings (SSSR count). The molecule has 0 N–H and O–H groups in total. The van der Waals surface area contributed by atoms with Gasteiger partial charge in [0.25, 0.3) is 0 Å². The quantitative estimate of drug-likeness (QED) is 0.580. The second-order valence-electron chi connectivity index (χ2n) is 5.68. The largest absolute Gasteiger partial charge is 0.212 e. The summed E-state index contributed by atoms with van der Waals surface area (Å²) < 4.78 is 56.7. The first-order valence-corrected chi connectivity index (χ1v) is 7.53. The van der Waals surface area contributed by atoms with Crippen LogP contribution in [0, 0.1) is 6.92 Å². The highest BCUT2D eigenvalue weighted by molar-refractivity contribution is 5.66. The van der Waals surface area contributed by atoms with Gasteiger partial charge in [-0.3, -0.25) is 0 Å². The maximum absolute atomic E-state index is 8.41. The zero-order chi connectivity index (χ0) is 22.3. The smallest absolute Gasteiger partial charge is 0.200 e. The zero-order valence-corrected chi connectivity index (χ0v) is 13.3. The maximum atomic E-state index is 8.41. The molecule has 0 atom stereocenters. The molecular formula is C22H24N+. The van der Waals surface area contributed by atoms with Crippen molar-refractivity contribution in [3.63, 3.8) is 0 Å². The third-order valence-corrected chi connectivity index (χ3v) is 4.04. The molecule has 23 heavy (non-hydrogen) atoms. The van der Waals surface area contributed by atoms with E-state index in [9.17, 15) is 0 Å². The first-order valence-electron chi connectivity index (χ1n) is 11.0. The summed E-state index contributed by atoms with van der Waals surface area (Å²) in [6.07, 6.45) is 1.91. The second kappa shape index (κ2) is 6.37. The van der Waals surface area contributed by atoms with Gasteiger partial charge >= 0.3 is 0 Å². The Labute approximate surface area is 149 Å². The molecule has 0 radical (unpaired) electrons. The van der Waals surface area contributed by atoms with Crippen LogP contribution in [0.4, 0.5) is 0 Å². The Morgan fingerprint density at radius 2 is 1.78 bits per heavy atom. The van der Waals surface area contributed by atoms with Crippen LogP contribution in [-0.2, 0) is 7.05 Å². The molecule has 0 bridgehead atoms. The normalized spacial score (nSPS) is 17.0. The number of hydrogen-bond acceptors (Lipinski definition) is 0. The van der Waals surface area contributed by atoms with E-state index in [1.807, 2.05) is 61.1 Å². The topological polar surface area (TPSA) is 3.88 Å². The average Bonchev–Trinajstić information content (AvgIpc) is 2.66. The standard InChI is InChI=1S/C22H24N/c1-16(2)18-9-7-10-19(14-18)20-12-13-22(23(4)15-20)21-11-6-5-8-17(21)3/h5-16H,1-4H3/q+1/i1D3,2D3,16D. The summed E-state index contributed by atoms with van der Waals surface area (Å²) in [6, 6.07) is 18.2. The molecule has 116 valence electrons. The molecular weight excluding hydrogens is 278 g/mol. The third kappa shape index (κ3) is 3.19. The molecule has 1 nitrogen and oxygen atoms in total. The van der Waals surface area contributed by atoms with E-state index in [0.717, 1.165) is 22.4 Å². The van der Waals surface area contributed by atoms with Crippen LogP contribution in [0.2, 0.25) is 0 Å². The molecule has 1 aromatic heterocycles. The maximum Gasteiger partial charge on any atom is 0.212 e. The highest BCUT2D eigenvalue weighted by Crippen LogP contribution is 2.25. The Balaban J connectivity index is 2.09. The van der Waals surface area contributed by atoms with Crippen LogP contribution < -0.4 is 4.57 Å². The first kappa shape index (κ1) is 9.02. The summed E-state index contributed by atoms with van der Waals surface area (Å²) in [5.41, 5.74) is 4.69. The van der Waals surface area contributed by atoms with E-state index >= 15 is 0 Å². The fourth-order valence-electron chi connectivity index (χ4n) is 2.77. The molecule has 0 aliphatic heterocycles. The van der Waals surface area contributed by atoms with Crippen molar-refractivity contribution in [2.24, 2.45) is 7.05 Å². The van der Waals surface area contributed by atoms with Crippen molar-refractivity contribution in [3.8, 4) is 22.4 Å². The van der Waals surface area contributed by atoms with Crippen LogP contribution >= 0.6 is 0 Å². The number of nitrogens with zero attached hydrogens (tertiary/aromatic N) is 1. The van der Waals surface area contributed by atoms with E-state index in [-0.39, 0.29) is 5.56 Å². The summed E-state index contributed by atoms with van der Waals surface area (Å²) in [5, 5.41) is 0. The predicted molar refractivity (Wildman–Crippen MR) is 97.3 cm³/mol. The molecule has 0 aliphatic rings. The van der Waals surface area contributed by atoms with Crippen molar-refractivity contribution < 1.29 is 14.2 Å². The molecule has 0 unspecified atom stereocenters. The molecule has 3 aromatic rings. The third-order valence-electron chi connectivity index (χ3n) is 4.04. The number of pyridine rings is 1. The fraction of sp³-hybridized carbons (Fsp3) is 0.227. The molecule has 0 spiro atoms. The lowest BCUT2D eigenvalue weighted by atomic mass is 9.97. The Hall–Kier alpha value is -2.41. The minimum atomic E-state index is -3.00. The van der Waals surface area contributed by atoms with Gasteiger partial charge in [-0.05, 0) is 41.6 Å². The first-order chi connectivity index (χ1) is 13.9. The van der Waals surface area contributed by atoms with Gasteiger partial charge in [-0.15, -0.1) is 0 Å². The lowest BCUT2D eigenvalue weighted by Gasteiger charge is -2.09. The Bertz CT molecular complexity index is 1050. The highest BCUT2D eigenvalue weighted by Gasteiger charge is 2.13. The van der Waals surface area contributed by atoms with Gasteiger partial charge in [0.1, 0.15) is 7.05 Å². The molecule has 0 amide bonds. The predicted octanol–water partition coefficient (Wildman–Crippen LogP) is 5.28. The van der Waals surface area contributed by atoms with Crippen LogP contribution in [0.25, 0.3) is 22.4 Å². The summed E-state index contributed by atoms with van der Waals surface area (Å²) >= 11 is 0. The number of rotatable bonds is 3. The van der Waals surface area contributed by atoms with Gasteiger partial charge in [-0.1, -0.05) is 56.2 Å². The Morgan fingerprint density at radius 1 is 0.957 bits per heavy atom. The van der Waals surface area contributed by atoms with Gasteiger partial charge in [0, 0.05) is 26.8 Å². The molecule has 0 fully saturated rings.